The lowest BCUT2D eigenvalue weighted by molar-refractivity contribution is -0.0552. The smallest absolute Gasteiger partial charge is 0.388 e. The summed E-state index contributed by atoms with van der Waals surface area (Å²) >= 11 is 23.5. The van der Waals surface area contributed by atoms with Gasteiger partial charge < -0.3 is 9.47 Å². The maximum Gasteiger partial charge on any atom is 0.388 e. The van der Waals surface area contributed by atoms with E-state index in [2.05, 4.69) is 9.84 Å². The molecule has 0 aliphatic rings. The van der Waals surface area contributed by atoms with Gasteiger partial charge in [-0.3, -0.25) is 0 Å². The van der Waals surface area contributed by atoms with Crippen molar-refractivity contribution in [3.8, 4) is 17.1 Å². The molecule has 0 atom stereocenters. The van der Waals surface area contributed by atoms with E-state index in [0.717, 1.165) is 4.68 Å². The summed E-state index contributed by atoms with van der Waals surface area (Å²) in [7, 11) is 2.88. The number of rotatable bonds is 5. The first-order chi connectivity index (χ1) is 11.2. The van der Waals surface area contributed by atoms with Crippen molar-refractivity contribution < 1.29 is 18.3 Å². The van der Waals surface area contributed by atoms with Gasteiger partial charge in [0.2, 0.25) is 5.88 Å². The molecule has 0 fully saturated rings. The Labute approximate surface area is 157 Å². The predicted octanol–water partition coefficient (Wildman–Crippen LogP) is 5.17. The van der Waals surface area contributed by atoms with Crippen LogP contribution in [0.2, 0.25) is 15.1 Å². The molecule has 0 amide bonds. The van der Waals surface area contributed by atoms with E-state index < -0.39 is 6.61 Å². The number of nitrogens with zero attached hydrogens (tertiary/aromatic N) is 2. The van der Waals surface area contributed by atoms with Crippen molar-refractivity contribution in [2.24, 2.45) is 7.05 Å². The number of hydrogen-bond donors (Lipinski definition) is 0. The number of alkyl halides is 2. The van der Waals surface area contributed by atoms with Crippen molar-refractivity contribution in [1.82, 2.24) is 9.78 Å². The molecule has 0 unspecified atom stereocenters. The second-order valence-corrected chi connectivity index (χ2v) is 6.29. The Bertz CT molecular complexity index is 784. The average molecular weight is 416 g/mol. The predicted molar refractivity (Wildman–Crippen MR) is 93.6 cm³/mol. The van der Waals surface area contributed by atoms with Gasteiger partial charge in [0, 0.05) is 24.1 Å². The fourth-order valence-electron chi connectivity index (χ4n) is 2.01. The lowest BCUT2D eigenvalue weighted by Crippen LogP contribution is -2.06. The van der Waals surface area contributed by atoms with Gasteiger partial charge in [-0.2, -0.15) is 13.9 Å². The number of ether oxygens (including phenoxy) is 2. The minimum Gasteiger partial charge on any atom is -0.490 e. The van der Waals surface area contributed by atoms with Crippen molar-refractivity contribution in [3.63, 3.8) is 0 Å². The number of thiocarbonyl (C=S) groups is 1. The molecular weight excluding hydrogens is 405 g/mol. The minimum atomic E-state index is -3.03. The van der Waals surface area contributed by atoms with Gasteiger partial charge in [-0.15, -0.1) is 0 Å². The molecule has 0 bridgehead atoms. The molecule has 10 heteroatoms. The van der Waals surface area contributed by atoms with Crippen LogP contribution in [0.1, 0.15) is 5.56 Å². The van der Waals surface area contributed by atoms with E-state index in [0.29, 0.717) is 21.2 Å². The standard InChI is InChI=1S/C14H11Cl3F2N2O2S/c1-21-13(23-14(18)19)11(17)12(20-21)7-3-6(4-10(24)22-2)8(15)5-9(7)16/h3,5,14H,4H2,1-2H3. The van der Waals surface area contributed by atoms with Crippen molar-refractivity contribution >= 4 is 52.1 Å². The Balaban J connectivity index is 2.52. The molecule has 0 saturated heterocycles. The zero-order valence-corrected chi connectivity index (χ0v) is 15.5. The summed E-state index contributed by atoms with van der Waals surface area (Å²) in [5, 5.41) is 5.00. The van der Waals surface area contributed by atoms with Crippen molar-refractivity contribution in [1.29, 1.82) is 0 Å². The molecule has 0 N–H and O–H groups in total. The highest BCUT2D eigenvalue weighted by molar-refractivity contribution is 7.80. The highest BCUT2D eigenvalue weighted by atomic mass is 35.5. The van der Waals surface area contributed by atoms with Gasteiger partial charge in [0.05, 0.1) is 12.1 Å². The van der Waals surface area contributed by atoms with Gasteiger partial charge in [-0.25, -0.2) is 4.68 Å². The van der Waals surface area contributed by atoms with Crippen molar-refractivity contribution in [3.05, 3.63) is 32.8 Å². The molecule has 2 aromatic rings. The van der Waals surface area contributed by atoms with E-state index >= 15 is 0 Å². The third-order valence-electron chi connectivity index (χ3n) is 3.09. The first kappa shape index (κ1) is 19.2. The Hall–Kier alpha value is -1.15. The SMILES string of the molecule is COC(=S)Cc1cc(-c2nn(C)c(OC(F)F)c2Cl)c(Cl)cc1Cl. The van der Waals surface area contributed by atoms with Crippen LogP contribution in [0.4, 0.5) is 8.78 Å². The minimum absolute atomic E-state index is 0.0812. The van der Waals surface area contributed by atoms with Gasteiger partial charge in [0.1, 0.15) is 10.7 Å². The molecule has 1 aromatic heterocycles. The number of aryl methyl sites for hydroxylation is 1. The Morgan fingerprint density at radius 1 is 1.29 bits per heavy atom. The van der Waals surface area contributed by atoms with Crippen LogP contribution in [-0.2, 0) is 18.2 Å². The van der Waals surface area contributed by atoms with Crippen LogP contribution in [0.3, 0.4) is 0 Å². The molecule has 1 aromatic carbocycles. The summed E-state index contributed by atoms with van der Waals surface area (Å²) in [6.45, 7) is -3.03. The topological polar surface area (TPSA) is 36.3 Å². The quantitative estimate of drug-likeness (QED) is 0.632. The van der Waals surface area contributed by atoms with Crippen LogP contribution in [0.15, 0.2) is 12.1 Å². The summed E-state index contributed by atoms with van der Waals surface area (Å²) in [5.74, 6) is -0.262. The summed E-state index contributed by atoms with van der Waals surface area (Å²) in [6, 6.07) is 3.14. The third-order valence-corrected chi connectivity index (χ3v) is 4.41. The number of hydrogen-bond acceptors (Lipinski definition) is 4. The monoisotopic (exact) mass is 414 g/mol. The molecule has 0 aliphatic heterocycles. The largest absolute Gasteiger partial charge is 0.490 e. The first-order valence-corrected chi connectivity index (χ1v) is 8.01. The fraction of sp³-hybridized carbons (Fsp3) is 0.286. The Morgan fingerprint density at radius 2 is 1.96 bits per heavy atom. The molecule has 130 valence electrons. The average Bonchev–Trinajstić information content (AvgIpc) is 2.77. The molecule has 0 radical (unpaired) electrons. The first-order valence-electron chi connectivity index (χ1n) is 6.47. The van der Waals surface area contributed by atoms with Crippen molar-refractivity contribution in [2.75, 3.05) is 7.11 Å². The number of halogens is 5. The lowest BCUT2D eigenvalue weighted by atomic mass is 10.1. The van der Waals surface area contributed by atoms with Gasteiger partial charge in [0.25, 0.3) is 0 Å². The highest BCUT2D eigenvalue weighted by Gasteiger charge is 2.22. The van der Waals surface area contributed by atoms with Gasteiger partial charge >= 0.3 is 6.61 Å². The van der Waals surface area contributed by atoms with Crippen LogP contribution in [0.5, 0.6) is 5.88 Å². The Kier molecular flexibility index (Phi) is 6.25. The van der Waals surface area contributed by atoms with Crippen LogP contribution in [0.25, 0.3) is 11.3 Å². The summed E-state index contributed by atoms with van der Waals surface area (Å²) in [5.41, 5.74) is 1.25. The van der Waals surface area contributed by atoms with E-state index in [1.165, 1.54) is 20.2 Å². The van der Waals surface area contributed by atoms with E-state index in [9.17, 15) is 8.78 Å². The summed E-state index contributed by atoms with van der Waals surface area (Å²) in [6.07, 6.45) is 0.277. The van der Waals surface area contributed by atoms with Gasteiger partial charge in [0.15, 0.2) is 5.05 Å². The zero-order chi connectivity index (χ0) is 18.0. The fourth-order valence-corrected chi connectivity index (χ4v) is 3.01. The van der Waals surface area contributed by atoms with E-state index in [1.807, 2.05) is 0 Å². The molecule has 1 heterocycles. The lowest BCUT2D eigenvalue weighted by Gasteiger charge is -2.09. The number of aromatic nitrogens is 2. The van der Waals surface area contributed by atoms with Crippen LogP contribution < -0.4 is 4.74 Å². The van der Waals surface area contributed by atoms with Gasteiger partial charge in [-0.1, -0.05) is 34.8 Å². The number of methoxy groups -OCH3 is 1. The van der Waals surface area contributed by atoms with Gasteiger partial charge in [-0.05, 0) is 29.9 Å². The summed E-state index contributed by atoms with van der Waals surface area (Å²) in [4.78, 5) is 0. The second kappa shape index (κ2) is 7.82. The van der Waals surface area contributed by atoms with E-state index in [1.54, 1.807) is 6.07 Å². The van der Waals surface area contributed by atoms with E-state index in [-0.39, 0.29) is 28.0 Å². The molecule has 0 saturated carbocycles. The highest BCUT2D eigenvalue weighted by Crippen LogP contribution is 2.40. The molecule has 24 heavy (non-hydrogen) atoms. The molecule has 0 spiro atoms. The van der Waals surface area contributed by atoms with E-state index in [4.69, 9.17) is 51.8 Å². The second-order valence-electron chi connectivity index (χ2n) is 4.65. The molecular formula is C14H11Cl3F2N2O2S. The third kappa shape index (κ3) is 4.08. The molecule has 2 rings (SSSR count). The van der Waals surface area contributed by atoms with Crippen LogP contribution >= 0.6 is 47.0 Å². The number of benzene rings is 1. The normalized spacial score (nSPS) is 11.0. The Morgan fingerprint density at radius 3 is 2.54 bits per heavy atom. The maximum absolute atomic E-state index is 12.5. The van der Waals surface area contributed by atoms with Crippen LogP contribution in [-0.4, -0.2) is 28.6 Å². The van der Waals surface area contributed by atoms with Crippen molar-refractivity contribution in [2.45, 2.75) is 13.0 Å². The maximum atomic E-state index is 12.5. The zero-order valence-electron chi connectivity index (χ0n) is 12.4. The molecule has 4 nitrogen and oxygen atoms in total. The summed E-state index contributed by atoms with van der Waals surface area (Å²) < 4.78 is 35.4. The van der Waals surface area contributed by atoms with Crippen LogP contribution in [0, 0.1) is 0 Å². The molecule has 0 aliphatic carbocycles.